The summed E-state index contributed by atoms with van der Waals surface area (Å²) < 4.78 is 10.8. The third-order valence-corrected chi connectivity index (χ3v) is 2.27. The molecule has 11 heavy (non-hydrogen) atoms. The quantitative estimate of drug-likeness (QED) is 0.326. The number of halogens is 4. The molecule has 0 unspecified atom stereocenters. The van der Waals surface area contributed by atoms with Crippen molar-refractivity contribution in [1.82, 2.24) is 4.31 Å². The summed E-state index contributed by atoms with van der Waals surface area (Å²) in [7, 11) is 0. The minimum atomic E-state index is -2.51. The zero-order chi connectivity index (χ0) is 9.07. The van der Waals surface area contributed by atoms with E-state index in [2.05, 4.69) is 0 Å². The molecule has 0 spiro atoms. The van der Waals surface area contributed by atoms with Gasteiger partial charge >= 0.3 is 9.29 Å². The zero-order valence-electron chi connectivity index (χ0n) is 5.48. The fourth-order valence-corrected chi connectivity index (χ4v) is 1.52. The highest BCUT2D eigenvalue weighted by atomic mass is 35.5. The average Bonchev–Trinajstić information content (AvgIpc) is 1.80. The molecule has 0 aromatic carbocycles. The Morgan fingerprint density at radius 3 is 2.27 bits per heavy atom. The van der Waals surface area contributed by atoms with Crippen LogP contribution in [0.1, 0.15) is 6.92 Å². The van der Waals surface area contributed by atoms with E-state index in [4.69, 9.17) is 34.8 Å². The van der Waals surface area contributed by atoms with Crippen molar-refractivity contribution in [2.75, 3.05) is 6.54 Å². The molecule has 0 atom stereocenters. The molecule has 0 saturated carbocycles. The van der Waals surface area contributed by atoms with Gasteiger partial charge in [0.15, 0.2) is 0 Å². The second kappa shape index (κ2) is 4.60. The fourth-order valence-electron chi connectivity index (χ4n) is 0.350. The molecule has 2 nitrogen and oxygen atoms in total. The molecule has 0 rings (SSSR count). The van der Waals surface area contributed by atoms with E-state index in [1.165, 1.54) is 0 Å². The van der Waals surface area contributed by atoms with Gasteiger partial charge < -0.3 is 0 Å². The standard InChI is InChI=1S/C4H5Cl3FNOS/c1-2-9(3(5)10)11-4(6,7)8/h2H2,1H3. The molecule has 1 amide bonds. The van der Waals surface area contributed by atoms with E-state index >= 15 is 0 Å². The van der Waals surface area contributed by atoms with Gasteiger partial charge in [-0.15, -0.1) is 0 Å². The van der Waals surface area contributed by atoms with Gasteiger partial charge in [-0.3, -0.25) is 9.10 Å². The molecular weight excluding hydrogens is 235 g/mol. The molecule has 7 heteroatoms. The largest absolute Gasteiger partial charge is 0.326 e. The van der Waals surface area contributed by atoms with Crippen molar-refractivity contribution >= 4 is 52.1 Å². The number of amides is 1. The van der Waals surface area contributed by atoms with Crippen molar-refractivity contribution in [3.63, 3.8) is 0 Å². The first-order valence-corrected chi connectivity index (χ1v) is 4.50. The normalized spacial score (nSPS) is 11.4. The highest BCUT2D eigenvalue weighted by Gasteiger charge is 2.28. The van der Waals surface area contributed by atoms with Crippen molar-refractivity contribution < 1.29 is 9.18 Å². The van der Waals surface area contributed by atoms with E-state index in [0.717, 1.165) is 4.31 Å². The Morgan fingerprint density at radius 2 is 2.18 bits per heavy atom. The Kier molecular flexibility index (Phi) is 4.86. The van der Waals surface area contributed by atoms with Gasteiger partial charge in [0.1, 0.15) is 0 Å². The fraction of sp³-hybridized carbons (Fsp3) is 0.750. The van der Waals surface area contributed by atoms with Crippen LogP contribution in [0.25, 0.3) is 0 Å². The molecule has 0 bridgehead atoms. The van der Waals surface area contributed by atoms with Gasteiger partial charge in [0.2, 0.25) is 0 Å². The number of hydrogen-bond donors (Lipinski definition) is 0. The molecule has 66 valence electrons. The first-order chi connectivity index (χ1) is 4.87. The van der Waals surface area contributed by atoms with Crippen LogP contribution in [0.5, 0.6) is 0 Å². The second-order valence-corrected chi connectivity index (χ2v) is 4.68. The van der Waals surface area contributed by atoms with Crippen molar-refractivity contribution in [2.24, 2.45) is 0 Å². The summed E-state index contributed by atoms with van der Waals surface area (Å²) >= 11 is 15.3. The van der Waals surface area contributed by atoms with Crippen LogP contribution in [0.4, 0.5) is 9.18 Å². The predicted molar refractivity (Wildman–Crippen MR) is 46.8 cm³/mol. The lowest BCUT2D eigenvalue weighted by Gasteiger charge is -2.18. The van der Waals surface area contributed by atoms with Crippen molar-refractivity contribution in [3.05, 3.63) is 0 Å². The molecular formula is C4H5Cl3FNOS. The van der Waals surface area contributed by atoms with Crippen LogP contribution in [0.3, 0.4) is 0 Å². The molecule has 0 radical (unpaired) electrons. The van der Waals surface area contributed by atoms with Gasteiger partial charge in [0.25, 0.3) is 0 Å². The molecule has 0 aromatic rings. The number of nitrogens with zero attached hydrogens (tertiary/aromatic N) is 1. The van der Waals surface area contributed by atoms with E-state index in [9.17, 15) is 9.18 Å². The van der Waals surface area contributed by atoms with E-state index in [1.807, 2.05) is 0 Å². The summed E-state index contributed by atoms with van der Waals surface area (Å²) in [6.07, 6.45) is 0. The van der Waals surface area contributed by atoms with Crippen molar-refractivity contribution in [1.29, 1.82) is 0 Å². The Bertz CT molecular complexity index is 151. The maximum atomic E-state index is 12.4. The third-order valence-electron chi connectivity index (χ3n) is 0.697. The number of carbonyl (C=O) groups is 1. The molecule has 0 saturated heterocycles. The summed E-state index contributed by atoms with van der Waals surface area (Å²) in [5, 5.41) is -0.805. The van der Waals surface area contributed by atoms with Crippen LogP contribution >= 0.6 is 46.8 Å². The highest BCUT2D eigenvalue weighted by molar-refractivity contribution is 8.01. The van der Waals surface area contributed by atoms with Gasteiger partial charge in [-0.2, -0.15) is 4.39 Å². The van der Waals surface area contributed by atoms with Gasteiger partial charge in [-0.25, -0.2) is 0 Å². The van der Waals surface area contributed by atoms with E-state index in [-0.39, 0.29) is 6.54 Å². The maximum Gasteiger partial charge on any atom is 0.326 e. The topological polar surface area (TPSA) is 20.3 Å². The van der Waals surface area contributed by atoms with Crippen LogP contribution in [-0.2, 0) is 0 Å². The molecule has 0 fully saturated rings. The minimum Gasteiger partial charge on any atom is -0.268 e. The van der Waals surface area contributed by atoms with Gasteiger partial charge in [0, 0.05) is 18.5 Å². The Labute approximate surface area is 83.1 Å². The average molecular weight is 241 g/mol. The first-order valence-electron chi connectivity index (χ1n) is 2.59. The Balaban J connectivity index is 3.99. The lowest BCUT2D eigenvalue weighted by Crippen LogP contribution is -2.21. The Hall–Kier alpha value is 0.620. The van der Waals surface area contributed by atoms with E-state index in [1.54, 1.807) is 6.92 Å². The lowest BCUT2D eigenvalue weighted by molar-refractivity contribution is 0.248. The summed E-state index contributed by atoms with van der Waals surface area (Å²) in [6, 6.07) is 0. The van der Waals surface area contributed by atoms with Gasteiger partial charge in [-0.05, 0) is 18.5 Å². The van der Waals surface area contributed by atoms with E-state index in [0.29, 0.717) is 11.9 Å². The summed E-state index contributed by atoms with van der Waals surface area (Å²) in [6.45, 7) is 1.85. The van der Waals surface area contributed by atoms with Crippen LogP contribution in [-0.4, -0.2) is 20.1 Å². The van der Waals surface area contributed by atoms with Crippen molar-refractivity contribution in [3.8, 4) is 0 Å². The van der Waals surface area contributed by atoms with Crippen LogP contribution in [0, 0.1) is 0 Å². The predicted octanol–water partition coefficient (Wildman–Crippen LogP) is 3.37. The monoisotopic (exact) mass is 239 g/mol. The maximum absolute atomic E-state index is 12.4. The number of rotatable bonds is 3. The molecule has 0 aliphatic heterocycles. The summed E-state index contributed by atoms with van der Waals surface area (Å²) in [5.74, 6) is 0. The van der Waals surface area contributed by atoms with Crippen LogP contribution in [0.2, 0.25) is 0 Å². The summed E-state index contributed by atoms with van der Waals surface area (Å²) in [4.78, 5) is 10.4. The van der Waals surface area contributed by atoms with Gasteiger partial charge in [-0.1, -0.05) is 23.2 Å². The highest BCUT2D eigenvalue weighted by Crippen LogP contribution is 2.38. The molecule has 0 aromatic heterocycles. The van der Waals surface area contributed by atoms with Crippen molar-refractivity contribution in [2.45, 2.75) is 10.8 Å². The second-order valence-electron chi connectivity index (χ2n) is 1.48. The molecule has 0 N–H and O–H groups in total. The zero-order valence-corrected chi connectivity index (χ0v) is 8.57. The van der Waals surface area contributed by atoms with Crippen LogP contribution < -0.4 is 0 Å². The molecule has 0 aliphatic rings. The number of alkyl halides is 3. The number of hydrogen-bond acceptors (Lipinski definition) is 2. The van der Waals surface area contributed by atoms with Crippen LogP contribution in [0.15, 0.2) is 0 Å². The molecule has 0 heterocycles. The third kappa shape index (κ3) is 5.84. The first kappa shape index (κ1) is 11.6. The SMILES string of the molecule is CCN(SC(F)(Cl)Cl)C(=O)Cl. The molecule has 0 aliphatic carbocycles. The van der Waals surface area contributed by atoms with Gasteiger partial charge in [0.05, 0.1) is 0 Å². The minimum absolute atomic E-state index is 0.234. The lowest BCUT2D eigenvalue weighted by atomic mass is 10.8. The smallest absolute Gasteiger partial charge is 0.268 e. The summed E-state index contributed by atoms with van der Waals surface area (Å²) in [5.41, 5.74) is 0. The Morgan fingerprint density at radius 1 is 1.73 bits per heavy atom. The van der Waals surface area contributed by atoms with E-state index < -0.39 is 9.29 Å². The number of carbonyl (C=O) groups excluding carboxylic acids is 1.